The van der Waals surface area contributed by atoms with Crippen LogP contribution in [0.2, 0.25) is 0 Å². The van der Waals surface area contributed by atoms with Gasteiger partial charge in [-0.1, -0.05) is 61.2 Å². The van der Waals surface area contributed by atoms with Gasteiger partial charge in [0.15, 0.2) is 0 Å². The molecule has 5 rings (SSSR count). The van der Waals surface area contributed by atoms with E-state index >= 15 is 0 Å². The lowest BCUT2D eigenvalue weighted by atomic mass is 10.1. The number of nitrogens with zero attached hydrogens (tertiary/aromatic N) is 1. The summed E-state index contributed by atoms with van der Waals surface area (Å²) in [6.07, 6.45) is 4.87. The molecular formula is C35H42N4O5S2. The van der Waals surface area contributed by atoms with Crippen molar-refractivity contribution in [1.82, 2.24) is 19.5 Å². The monoisotopic (exact) mass is 662 g/mol. The lowest BCUT2D eigenvalue weighted by molar-refractivity contribution is 0.232. The molecule has 0 spiro atoms. The van der Waals surface area contributed by atoms with Crippen molar-refractivity contribution in [1.29, 1.82) is 0 Å². The van der Waals surface area contributed by atoms with Crippen LogP contribution in [-0.4, -0.2) is 31.2 Å². The van der Waals surface area contributed by atoms with Gasteiger partial charge >= 0.3 is 11.4 Å². The number of H-pyrrole nitrogens is 3. The van der Waals surface area contributed by atoms with Gasteiger partial charge in [0.2, 0.25) is 0 Å². The van der Waals surface area contributed by atoms with Gasteiger partial charge in [-0.15, -0.1) is 0 Å². The lowest BCUT2D eigenvalue weighted by Crippen LogP contribution is -2.34. The van der Waals surface area contributed by atoms with Gasteiger partial charge in [0, 0.05) is 34.1 Å². The van der Waals surface area contributed by atoms with Crippen molar-refractivity contribution in [2.75, 3.05) is 6.61 Å². The number of nitrogens with one attached hydrogen (secondary N) is 3. The number of hydrogen-bond donors (Lipinski definition) is 4. The Labute approximate surface area is 276 Å². The smallest absolute Gasteiger partial charge is 0.329 e. The molecule has 11 heteroatoms. The van der Waals surface area contributed by atoms with Crippen LogP contribution in [-0.2, 0) is 19.4 Å². The van der Waals surface area contributed by atoms with E-state index in [2.05, 4.69) is 45.3 Å². The quantitative estimate of drug-likeness (QED) is 0.135. The van der Waals surface area contributed by atoms with Crippen molar-refractivity contribution in [3.8, 4) is 0 Å². The Balaban J connectivity index is 0.000000222. The molecule has 2 aromatic carbocycles. The molecule has 0 saturated heterocycles. The van der Waals surface area contributed by atoms with Gasteiger partial charge < -0.3 is 10.1 Å². The fourth-order valence-electron chi connectivity index (χ4n) is 5.62. The van der Waals surface area contributed by atoms with Crippen LogP contribution in [0.1, 0.15) is 60.1 Å². The molecule has 0 amide bonds. The van der Waals surface area contributed by atoms with Crippen LogP contribution in [0, 0.1) is 33.6 Å². The van der Waals surface area contributed by atoms with Gasteiger partial charge in [-0.2, -0.15) is 0 Å². The molecule has 244 valence electrons. The summed E-state index contributed by atoms with van der Waals surface area (Å²) in [7, 11) is 0. The Morgan fingerprint density at radius 1 is 0.761 bits per heavy atom. The number of aliphatic hydroxyl groups excluding tert-OH is 1. The van der Waals surface area contributed by atoms with Crippen LogP contribution >= 0.6 is 23.5 Å². The first-order valence-electron chi connectivity index (χ1n) is 15.4. The summed E-state index contributed by atoms with van der Waals surface area (Å²) in [6, 6.07) is 12.4. The number of hydrogen-bond acceptors (Lipinski definition) is 7. The highest BCUT2D eigenvalue weighted by atomic mass is 32.2. The summed E-state index contributed by atoms with van der Waals surface area (Å²) < 4.78 is 1.67. The van der Waals surface area contributed by atoms with E-state index in [0.29, 0.717) is 40.6 Å². The van der Waals surface area contributed by atoms with Crippen LogP contribution < -0.4 is 22.5 Å². The summed E-state index contributed by atoms with van der Waals surface area (Å²) in [6.45, 7) is 12.6. The molecule has 2 aromatic heterocycles. The van der Waals surface area contributed by atoms with Crippen LogP contribution in [0.25, 0.3) is 0 Å². The second-order valence-corrected chi connectivity index (χ2v) is 13.9. The molecule has 1 atom stereocenters. The second kappa shape index (κ2) is 15.7. The molecule has 1 aliphatic rings. The SMILES string of the molecule is CCc1c(Sc2cc(C)cc(C)c2)[nH]c(=O)[nH]c1=O.CCc1c(Sc2cc(C)cc(C)c2)n(CC2=CCC(CO)C2)c(=O)[nH]c1=O. The first kappa shape index (κ1) is 35.1. The maximum Gasteiger partial charge on any atom is 0.329 e. The third kappa shape index (κ3) is 8.92. The summed E-state index contributed by atoms with van der Waals surface area (Å²) in [5.74, 6) is 0.236. The van der Waals surface area contributed by atoms with Gasteiger partial charge in [0.05, 0.1) is 10.1 Å². The highest BCUT2D eigenvalue weighted by molar-refractivity contribution is 7.99. The Morgan fingerprint density at radius 3 is 1.83 bits per heavy atom. The predicted octanol–water partition coefficient (Wildman–Crippen LogP) is 5.59. The van der Waals surface area contributed by atoms with E-state index < -0.39 is 5.69 Å². The Morgan fingerprint density at radius 2 is 1.30 bits per heavy atom. The number of aliphatic hydroxyl groups is 1. The minimum absolute atomic E-state index is 0.158. The fraction of sp³-hybridized carbons (Fsp3) is 0.371. The minimum atomic E-state index is -0.464. The molecular weight excluding hydrogens is 621 g/mol. The molecule has 1 aliphatic carbocycles. The first-order valence-corrected chi connectivity index (χ1v) is 17.1. The van der Waals surface area contributed by atoms with Crippen LogP contribution in [0.3, 0.4) is 0 Å². The van der Waals surface area contributed by atoms with E-state index in [1.165, 1.54) is 23.5 Å². The molecule has 2 heterocycles. The van der Waals surface area contributed by atoms with E-state index in [9.17, 15) is 24.3 Å². The molecule has 1 unspecified atom stereocenters. The zero-order chi connectivity index (χ0) is 33.5. The van der Waals surface area contributed by atoms with Crippen molar-refractivity contribution in [3.63, 3.8) is 0 Å². The van der Waals surface area contributed by atoms with E-state index in [4.69, 9.17) is 0 Å². The maximum atomic E-state index is 12.6. The number of benzene rings is 2. The van der Waals surface area contributed by atoms with Gasteiger partial charge in [-0.05, 0) is 106 Å². The molecule has 4 aromatic rings. The highest BCUT2D eigenvalue weighted by Gasteiger charge is 2.20. The Bertz CT molecular complexity index is 1950. The Hall–Kier alpha value is -3.80. The minimum Gasteiger partial charge on any atom is -0.396 e. The topological polar surface area (TPSA) is 141 Å². The third-order valence-corrected chi connectivity index (χ3v) is 9.84. The number of rotatable bonds is 9. The molecule has 0 aliphatic heterocycles. The molecule has 4 N–H and O–H groups in total. The van der Waals surface area contributed by atoms with E-state index in [1.807, 2.05) is 53.7 Å². The molecule has 0 radical (unpaired) electrons. The number of aromatic nitrogens is 4. The van der Waals surface area contributed by atoms with Gasteiger partial charge in [-0.3, -0.25) is 24.1 Å². The average Bonchev–Trinajstić information content (AvgIpc) is 3.42. The zero-order valence-electron chi connectivity index (χ0n) is 27.2. The number of aromatic amines is 3. The van der Waals surface area contributed by atoms with Gasteiger partial charge in [0.1, 0.15) is 0 Å². The van der Waals surface area contributed by atoms with Crippen molar-refractivity contribution >= 4 is 23.5 Å². The first-order chi connectivity index (χ1) is 21.9. The van der Waals surface area contributed by atoms with Crippen molar-refractivity contribution in [2.45, 2.75) is 93.6 Å². The van der Waals surface area contributed by atoms with Crippen molar-refractivity contribution in [2.24, 2.45) is 5.92 Å². The van der Waals surface area contributed by atoms with Gasteiger partial charge in [-0.25, -0.2) is 9.59 Å². The summed E-state index contributed by atoms with van der Waals surface area (Å²) in [5, 5.41) is 10.7. The summed E-state index contributed by atoms with van der Waals surface area (Å²) >= 11 is 2.90. The molecule has 0 bridgehead atoms. The molecule has 46 heavy (non-hydrogen) atoms. The van der Waals surface area contributed by atoms with Crippen molar-refractivity contribution in [3.05, 3.63) is 123 Å². The van der Waals surface area contributed by atoms with E-state index in [-0.39, 0.29) is 29.3 Å². The number of allylic oxidation sites excluding steroid dienone is 2. The molecule has 0 saturated carbocycles. The normalized spacial score (nSPS) is 14.2. The van der Waals surface area contributed by atoms with E-state index in [0.717, 1.165) is 50.5 Å². The largest absolute Gasteiger partial charge is 0.396 e. The molecule has 0 fully saturated rings. The Kier molecular flexibility index (Phi) is 11.9. The van der Waals surface area contributed by atoms with Crippen LogP contribution in [0.15, 0.2) is 87.1 Å². The summed E-state index contributed by atoms with van der Waals surface area (Å²) in [4.78, 5) is 57.6. The van der Waals surface area contributed by atoms with Crippen LogP contribution in [0.4, 0.5) is 0 Å². The average molecular weight is 663 g/mol. The van der Waals surface area contributed by atoms with Crippen molar-refractivity contribution < 1.29 is 5.11 Å². The number of aryl methyl sites for hydroxylation is 4. The zero-order valence-corrected chi connectivity index (χ0v) is 28.8. The molecule has 9 nitrogen and oxygen atoms in total. The predicted molar refractivity (Wildman–Crippen MR) is 186 cm³/mol. The lowest BCUT2D eigenvalue weighted by Gasteiger charge is -2.16. The third-order valence-electron chi connectivity index (χ3n) is 7.69. The second-order valence-electron chi connectivity index (χ2n) is 11.8. The summed E-state index contributed by atoms with van der Waals surface area (Å²) in [5.41, 5.74) is 5.55. The standard InChI is InChI=1S/C21H26N2O3S.C14H16N2O2S/c1-4-18-19(25)22-21(26)23(11-15-5-6-16(10-15)12-24)20(18)27-17-8-13(2)7-14(3)9-17;1-4-11-12(17)15-14(18)16-13(11)19-10-6-8(2)5-9(3)7-10/h5,7-9,16,24H,4,6,10-12H2,1-3H3,(H,22,25,26);5-7H,4H2,1-3H3,(H2,15,16,17,18). The maximum absolute atomic E-state index is 12.6. The highest BCUT2D eigenvalue weighted by Crippen LogP contribution is 2.32. The van der Waals surface area contributed by atoms with E-state index in [1.54, 1.807) is 4.57 Å². The van der Waals surface area contributed by atoms with Crippen LogP contribution in [0.5, 0.6) is 0 Å². The fourth-order valence-corrected chi connectivity index (χ4v) is 8.18. The van der Waals surface area contributed by atoms with Gasteiger partial charge in [0.25, 0.3) is 11.1 Å².